The van der Waals surface area contributed by atoms with Crippen LogP contribution in [0.15, 0.2) is 79.6 Å². The minimum Gasteiger partial charge on any atom is -0.507 e. The first-order valence-corrected chi connectivity index (χ1v) is 7.64. The zero-order chi connectivity index (χ0) is 17.8. The number of para-hydroxylation sites is 2. The lowest BCUT2D eigenvalue weighted by atomic mass is 9.97. The topological polar surface area (TPSA) is 66.8 Å². The van der Waals surface area contributed by atoms with Gasteiger partial charge in [0.05, 0.1) is 17.4 Å². The molecule has 0 radical (unpaired) electrons. The molecule has 2 N–H and O–H groups in total. The first-order chi connectivity index (χ1) is 12.1. The lowest BCUT2D eigenvalue weighted by Gasteiger charge is -2.10. The molecule has 0 saturated heterocycles. The van der Waals surface area contributed by atoms with Gasteiger partial charge >= 0.3 is 0 Å². The third-order valence-corrected chi connectivity index (χ3v) is 3.80. The highest BCUT2D eigenvalue weighted by molar-refractivity contribution is 6.12. The molecule has 0 aromatic heterocycles. The van der Waals surface area contributed by atoms with Gasteiger partial charge in [-0.05, 0) is 35.9 Å². The molecule has 0 heterocycles. The van der Waals surface area contributed by atoms with Gasteiger partial charge in [0.15, 0.2) is 5.78 Å². The second-order valence-corrected chi connectivity index (χ2v) is 5.36. The van der Waals surface area contributed by atoms with Crippen LogP contribution < -0.4 is 4.74 Å². The standard InChI is InChI=1S/C21H16O4/c1-2-25-20-10-6-4-8-17(20)21(24)16-12-11-14(13-19(16)23)15-7-3-5-9-18(15)22/h2-13,22-23H,1H2. The van der Waals surface area contributed by atoms with E-state index >= 15 is 0 Å². The number of benzene rings is 3. The Morgan fingerprint density at radius 1 is 0.880 bits per heavy atom. The van der Waals surface area contributed by atoms with E-state index < -0.39 is 0 Å². The Hall–Kier alpha value is -3.53. The molecule has 25 heavy (non-hydrogen) atoms. The molecule has 124 valence electrons. The number of phenols is 2. The maximum atomic E-state index is 12.8. The Morgan fingerprint density at radius 3 is 2.32 bits per heavy atom. The van der Waals surface area contributed by atoms with E-state index in [1.54, 1.807) is 54.6 Å². The summed E-state index contributed by atoms with van der Waals surface area (Å²) in [6.07, 6.45) is 1.24. The summed E-state index contributed by atoms with van der Waals surface area (Å²) in [7, 11) is 0. The molecule has 0 bridgehead atoms. The second-order valence-electron chi connectivity index (χ2n) is 5.36. The molecular weight excluding hydrogens is 316 g/mol. The molecule has 3 aromatic rings. The fourth-order valence-corrected chi connectivity index (χ4v) is 2.60. The van der Waals surface area contributed by atoms with Crippen LogP contribution in [-0.2, 0) is 0 Å². The van der Waals surface area contributed by atoms with Gasteiger partial charge in [-0.15, -0.1) is 0 Å². The summed E-state index contributed by atoms with van der Waals surface area (Å²) in [5.41, 5.74) is 1.67. The van der Waals surface area contributed by atoms with Gasteiger partial charge in [-0.2, -0.15) is 0 Å². The van der Waals surface area contributed by atoms with Crippen LogP contribution in [0.4, 0.5) is 0 Å². The number of carbonyl (C=O) groups is 1. The van der Waals surface area contributed by atoms with Crippen LogP contribution >= 0.6 is 0 Å². The van der Waals surface area contributed by atoms with Crippen LogP contribution in [0.1, 0.15) is 15.9 Å². The van der Waals surface area contributed by atoms with Gasteiger partial charge in [0.25, 0.3) is 0 Å². The maximum absolute atomic E-state index is 12.8. The average molecular weight is 332 g/mol. The molecule has 0 atom stereocenters. The molecule has 4 nitrogen and oxygen atoms in total. The lowest BCUT2D eigenvalue weighted by Crippen LogP contribution is -2.04. The predicted molar refractivity (Wildman–Crippen MR) is 95.9 cm³/mol. The first kappa shape index (κ1) is 16.3. The summed E-state index contributed by atoms with van der Waals surface area (Å²) >= 11 is 0. The maximum Gasteiger partial charge on any atom is 0.200 e. The number of hydrogen-bond donors (Lipinski definition) is 2. The number of ketones is 1. The van der Waals surface area contributed by atoms with E-state index in [2.05, 4.69) is 6.58 Å². The van der Waals surface area contributed by atoms with E-state index in [0.29, 0.717) is 22.4 Å². The van der Waals surface area contributed by atoms with E-state index in [9.17, 15) is 15.0 Å². The summed E-state index contributed by atoms with van der Waals surface area (Å²) in [6.45, 7) is 3.49. The quantitative estimate of drug-likeness (QED) is 0.532. The van der Waals surface area contributed by atoms with E-state index in [4.69, 9.17) is 4.74 Å². The Morgan fingerprint density at radius 2 is 1.60 bits per heavy atom. The van der Waals surface area contributed by atoms with Gasteiger partial charge in [0.2, 0.25) is 0 Å². The number of rotatable bonds is 5. The predicted octanol–water partition coefficient (Wildman–Crippen LogP) is 4.52. The molecule has 0 aliphatic rings. The number of ether oxygens (including phenoxy) is 1. The number of aromatic hydroxyl groups is 2. The zero-order valence-corrected chi connectivity index (χ0v) is 13.3. The zero-order valence-electron chi connectivity index (χ0n) is 13.3. The number of carbonyl (C=O) groups excluding carboxylic acids is 1. The molecule has 0 unspecified atom stereocenters. The SMILES string of the molecule is C=COc1ccccc1C(=O)c1ccc(-c2ccccc2O)cc1O. The summed E-state index contributed by atoms with van der Waals surface area (Å²) in [6, 6.07) is 18.2. The van der Waals surface area contributed by atoms with E-state index in [0.717, 1.165) is 0 Å². The van der Waals surface area contributed by atoms with Crippen LogP contribution in [0.3, 0.4) is 0 Å². The first-order valence-electron chi connectivity index (χ1n) is 7.64. The van der Waals surface area contributed by atoms with Crippen molar-refractivity contribution in [3.63, 3.8) is 0 Å². The van der Waals surface area contributed by atoms with Crippen molar-refractivity contribution in [1.29, 1.82) is 0 Å². The lowest BCUT2D eigenvalue weighted by molar-refractivity contribution is 0.103. The minimum absolute atomic E-state index is 0.103. The molecule has 0 spiro atoms. The fourth-order valence-electron chi connectivity index (χ4n) is 2.60. The molecule has 0 aliphatic heterocycles. The highest BCUT2D eigenvalue weighted by atomic mass is 16.5. The summed E-state index contributed by atoms with van der Waals surface area (Å²) < 4.78 is 5.26. The van der Waals surface area contributed by atoms with Crippen LogP contribution in [-0.4, -0.2) is 16.0 Å². The van der Waals surface area contributed by atoms with E-state index in [1.165, 1.54) is 18.4 Å². The molecule has 0 aliphatic carbocycles. The van der Waals surface area contributed by atoms with Gasteiger partial charge in [-0.1, -0.05) is 43.0 Å². The van der Waals surface area contributed by atoms with Crippen molar-refractivity contribution >= 4 is 5.78 Å². The van der Waals surface area contributed by atoms with Crippen molar-refractivity contribution in [2.75, 3.05) is 0 Å². The van der Waals surface area contributed by atoms with Crippen LogP contribution in [0.25, 0.3) is 11.1 Å². The minimum atomic E-state index is -0.362. The van der Waals surface area contributed by atoms with E-state index in [1.807, 2.05) is 0 Å². The molecule has 0 fully saturated rings. The average Bonchev–Trinajstić information content (AvgIpc) is 2.62. The van der Waals surface area contributed by atoms with Crippen molar-refractivity contribution < 1.29 is 19.7 Å². The van der Waals surface area contributed by atoms with Gasteiger partial charge in [-0.3, -0.25) is 4.79 Å². The van der Waals surface area contributed by atoms with Gasteiger partial charge in [0, 0.05) is 5.56 Å². The molecule has 0 amide bonds. The Balaban J connectivity index is 2.01. The van der Waals surface area contributed by atoms with Crippen LogP contribution in [0.5, 0.6) is 17.2 Å². The largest absolute Gasteiger partial charge is 0.507 e. The third kappa shape index (κ3) is 3.23. The summed E-state index contributed by atoms with van der Waals surface area (Å²) in [5, 5.41) is 20.3. The smallest absolute Gasteiger partial charge is 0.200 e. The van der Waals surface area contributed by atoms with Crippen molar-refractivity contribution in [3.8, 4) is 28.4 Å². The number of hydrogen-bond acceptors (Lipinski definition) is 4. The van der Waals surface area contributed by atoms with Crippen molar-refractivity contribution in [2.45, 2.75) is 0 Å². The second kappa shape index (κ2) is 6.93. The number of phenolic OH excluding ortho intramolecular Hbond substituents is 2. The normalized spacial score (nSPS) is 10.2. The van der Waals surface area contributed by atoms with Gasteiger partial charge < -0.3 is 14.9 Å². The van der Waals surface area contributed by atoms with Gasteiger partial charge in [-0.25, -0.2) is 0 Å². The Kier molecular flexibility index (Phi) is 4.53. The molecule has 0 saturated carbocycles. The molecular formula is C21H16O4. The van der Waals surface area contributed by atoms with Crippen LogP contribution in [0, 0.1) is 0 Å². The Labute approximate surface area is 145 Å². The highest BCUT2D eigenvalue weighted by Gasteiger charge is 2.18. The van der Waals surface area contributed by atoms with E-state index in [-0.39, 0.29) is 22.8 Å². The Bertz CT molecular complexity index is 944. The molecule has 3 rings (SSSR count). The van der Waals surface area contributed by atoms with Crippen molar-refractivity contribution in [3.05, 3.63) is 90.7 Å². The monoisotopic (exact) mass is 332 g/mol. The third-order valence-electron chi connectivity index (χ3n) is 3.80. The van der Waals surface area contributed by atoms with Crippen molar-refractivity contribution in [1.82, 2.24) is 0 Å². The summed E-state index contributed by atoms with van der Waals surface area (Å²) in [5.74, 6) is -0.0599. The summed E-state index contributed by atoms with van der Waals surface area (Å²) in [4.78, 5) is 12.8. The van der Waals surface area contributed by atoms with Crippen LogP contribution in [0.2, 0.25) is 0 Å². The molecule has 4 heteroatoms. The van der Waals surface area contributed by atoms with Crippen molar-refractivity contribution in [2.24, 2.45) is 0 Å². The van der Waals surface area contributed by atoms with Gasteiger partial charge in [0.1, 0.15) is 17.2 Å². The molecule has 3 aromatic carbocycles. The fraction of sp³-hybridized carbons (Fsp3) is 0. The highest BCUT2D eigenvalue weighted by Crippen LogP contribution is 2.33.